The molecular formula is C19H22N4O. The third kappa shape index (κ3) is 2.95. The molecule has 0 bridgehead atoms. The largest absolute Gasteiger partial charge is 0.495 e. The van der Waals surface area contributed by atoms with E-state index >= 15 is 0 Å². The zero-order valence-corrected chi connectivity index (χ0v) is 13.9. The van der Waals surface area contributed by atoms with Crippen molar-refractivity contribution in [1.82, 2.24) is 15.1 Å². The number of para-hydroxylation sites is 2. The van der Waals surface area contributed by atoms with Gasteiger partial charge in [0.2, 0.25) is 0 Å². The van der Waals surface area contributed by atoms with Crippen molar-refractivity contribution in [3.63, 3.8) is 0 Å². The van der Waals surface area contributed by atoms with Gasteiger partial charge in [0.15, 0.2) is 0 Å². The van der Waals surface area contributed by atoms with Crippen molar-refractivity contribution in [3.8, 4) is 5.75 Å². The lowest BCUT2D eigenvalue weighted by Crippen LogP contribution is -2.46. The van der Waals surface area contributed by atoms with Gasteiger partial charge in [-0.05, 0) is 23.8 Å². The van der Waals surface area contributed by atoms with Crippen LogP contribution in [0.1, 0.15) is 5.56 Å². The lowest BCUT2D eigenvalue weighted by Gasteiger charge is -2.36. The molecule has 1 saturated heterocycles. The lowest BCUT2D eigenvalue weighted by atomic mass is 10.1. The maximum Gasteiger partial charge on any atom is 0.142 e. The van der Waals surface area contributed by atoms with Gasteiger partial charge in [-0.3, -0.25) is 10.00 Å². The summed E-state index contributed by atoms with van der Waals surface area (Å²) in [5, 5.41) is 8.31. The zero-order valence-electron chi connectivity index (χ0n) is 13.9. The van der Waals surface area contributed by atoms with Crippen LogP contribution in [0.3, 0.4) is 0 Å². The monoisotopic (exact) mass is 322 g/mol. The van der Waals surface area contributed by atoms with E-state index in [1.54, 1.807) is 7.11 Å². The first-order valence-electron chi connectivity index (χ1n) is 8.36. The molecule has 1 fully saturated rings. The summed E-state index contributed by atoms with van der Waals surface area (Å²) >= 11 is 0. The number of hydrogen-bond acceptors (Lipinski definition) is 4. The summed E-state index contributed by atoms with van der Waals surface area (Å²) in [7, 11) is 1.74. The fourth-order valence-corrected chi connectivity index (χ4v) is 3.38. The number of piperazine rings is 1. The van der Waals surface area contributed by atoms with Crippen molar-refractivity contribution in [2.75, 3.05) is 38.2 Å². The quantitative estimate of drug-likeness (QED) is 0.802. The minimum atomic E-state index is 0.954. The Balaban J connectivity index is 1.40. The normalized spacial score (nSPS) is 15.8. The Morgan fingerprint density at radius 2 is 1.92 bits per heavy atom. The summed E-state index contributed by atoms with van der Waals surface area (Å²) in [6.45, 7) is 5.13. The molecule has 0 unspecified atom stereocenters. The van der Waals surface area contributed by atoms with E-state index in [2.05, 4.69) is 50.3 Å². The number of nitrogens with one attached hydrogen (secondary N) is 1. The minimum absolute atomic E-state index is 0.954. The molecule has 0 saturated carbocycles. The van der Waals surface area contributed by atoms with Gasteiger partial charge in [0, 0.05) is 38.1 Å². The van der Waals surface area contributed by atoms with Crippen LogP contribution in [0.5, 0.6) is 5.75 Å². The molecule has 1 N–H and O–H groups in total. The van der Waals surface area contributed by atoms with Crippen LogP contribution in [-0.4, -0.2) is 48.4 Å². The molecule has 5 heteroatoms. The van der Waals surface area contributed by atoms with Gasteiger partial charge in [0.1, 0.15) is 5.75 Å². The van der Waals surface area contributed by atoms with Crippen molar-refractivity contribution in [3.05, 3.63) is 54.2 Å². The van der Waals surface area contributed by atoms with Gasteiger partial charge in [-0.1, -0.05) is 24.3 Å². The Bertz CT molecular complexity index is 821. The van der Waals surface area contributed by atoms with E-state index in [0.717, 1.165) is 44.0 Å². The second-order valence-corrected chi connectivity index (χ2v) is 6.23. The molecule has 0 atom stereocenters. The lowest BCUT2D eigenvalue weighted by molar-refractivity contribution is 0.249. The number of anilines is 1. The molecule has 24 heavy (non-hydrogen) atoms. The Hall–Kier alpha value is -2.53. The number of aromatic nitrogens is 2. The topological polar surface area (TPSA) is 44.4 Å². The number of fused-ring (bicyclic) bond motifs is 1. The van der Waals surface area contributed by atoms with Crippen molar-refractivity contribution in [2.24, 2.45) is 0 Å². The Morgan fingerprint density at radius 1 is 1.08 bits per heavy atom. The highest BCUT2D eigenvalue weighted by atomic mass is 16.5. The summed E-state index contributed by atoms with van der Waals surface area (Å²) < 4.78 is 5.49. The van der Waals surface area contributed by atoms with Crippen molar-refractivity contribution >= 4 is 16.6 Å². The highest BCUT2D eigenvalue weighted by molar-refractivity contribution is 5.78. The summed E-state index contributed by atoms with van der Waals surface area (Å²) in [5.74, 6) is 0.954. The molecule has 4 rings (SSSR count). The molecule has 0 spiro atoms. The highest BCUT2D eigenvalue weighted by Gasteiger charge is 2.19. The van der Waals surface area contributed by atoms with E-state index in [1.165, 1.54) is 16.6 Å². The van der Waals surface area contributed by atoms with Crippen LogP contribution < -0.4 is 9.64 Å². The Morgan fingerprint density at radius 3 is 2.75 bits per heavy atom. The van der Waals surface area contributed by atoms with E-state index in [4.69, 9.17) is 4.74 Å². The molecule has 0 amide bonds. The van der Waals surface area contributed by atoms with Crippen LogP contribution in [0.15, 0.2) is 48.7 Å². The smallest absolute Gasteiger partial charge is 0.142 e. The van der Waals surface area contributed by atoms with Crippen LogP contribution in [-0.2, 0) is 6.54 Å². The average molecular weight is 322 g/mol. The summed E-state index contributed by atoms with van der Waals surface area (Å²) in [4.78, 5) is 4.91. The predicted octanol–water partition coefficient (Wildman–Crippen LogP) is 2.89. The van der Waals surface area contributed by atoms with Crippen molar-refractivity contribution < 1.29 is 4.74 Å². The first-order valence-corrected chi connectivity index (χ1v) is 8.36. The van der Waals surface area contributed by atoms with E-state index in [0.29, 0.717) is 0 Å². The third-order valence-electron chi connectivity index (χ3n) is 4.71. The molecule has 124 valence electrons. The number of aromatic amines is 1. The molecule has 1 aromatic heterocycles. The first-order chi connectivity index (χ1) is 11.8. The van der Waals surface area contributed by atoms with E-state index in [9.17, 15) is 0 Å². The Kier molecular flexibility index (Phi) is 4.09. The van der Waals surface area contributed by atoms with Crippen LogP contribution in [0, 0.1) is 0 Å². The number of hydrogen-bond donors (Lipinski definition) is 1. The van der Waals surface area contributed by atoms with Gasteiger partial charge in [-0.25, -0.2) is 0 Å². The average Bonchev–Trinajstić information content (AvgIpc) is 3.10. The predicted molar refractivity (Wildman–Crippen MR) is 96.6 cm³/mol. The van der Waals surface area contributed by atoms with Gasteiger partial charge in [-0.15, -0.1) is 0 Å². The SMILES string of the molecule is COc1ccccc1N1CCN(Cc2ccc3cn[nH]c3c2)CC1. The van der Waals surface area contributed by atoms with Gasteiger partial charge < -0.3 is 9.64 Å². The number of benzene rings is 2. The third-order valence-corrected chi connectivity index (χ3v) is 4.71. The van der Waals surface area contributed by atoms with Crippen LogP contribution >= 0.6 is 0 Å². The van der Waals surface area contributed by atoms with Crippen LogP contribution in [0.25, 0.3) is 10.9 Å². The van der Waals surface area contributed by atoms with Gasteiger partial charge in [0.05, 0.1) is 24.5 Å². The molecule has 2 aromatic carbocycles. The van der Waals surface area contributed by atoms with Gasteiger partial charge >= 0.3 is 0 Å². The highest BCUT2D eigenvalue weighted by Crippen LogP contribution is 2.28. The molecule has 3 aromatic rings. The second-order valence-electron chi connectivity index (χ2n) is 6.23. The first kappa shape index (κ1) is 15.0. The molecule has 1 aliphatic heterocycles. The number of methoxy groups -OCH3 is 1. The molecule has 2 heterocycles. The van der Waals surface area contributed by atoms with E-state index in [-0.39, 0.29) is 0 Å². The second kappa shape index (κ2) is 6.53. The van der Waals surface area contributed by atoms with Crippen molar-refractivity contribution in [1.29, 1.82) is 0 Å². The molecule has 1 aliphatic rings. The summed E-state index contributed by atoms with van der Waals surface area (Å²) in [6.07, 6.45) is 1.87. The minimum Gasteiger partial charge on any atom is -0.495 e. The zero-order chi connectivity index (χ0) is 16.4. The maximum absolute atomic E-state index is 5.49. The van der Waals surface area contributed by atoms with Crippen LogP contribution in [0.4, 0.5) is 5.69 Å². The summed E-state index contributed by atoms with van der Waals surface area (Å²) in [6, 6.07) is 14.8. The van der Waals surface area contributed by atoms with Gasteiger partial charge in [-0.2, -0.15) is 5.10 Å². The van der Waals surface area contributed by atoms with Gasteiger partial charge in [0.25, 0.3) is 0 Å². The number of ether oxygens (including phenoxy) is 1. The Labute approximate surface area is 141 Å². The molecule has 0 radical (unpaired) electrons. The molecule has 5 nitrogen and oxygen atoms in total. The standard InChI is InChI=1S/C19H22N4O/c1-24-19-5-3-2-4-18(19)23-10-8-22(9-11-23)14-15-6-7-16-13-20-21-17(16)12-15/h2-7,12-13H,8-11,14H2,1H3,(H,20,21). The summed E-state index contributed by atoms with van der Waals surface area (Å²) in [5.41, 5.74) is 3.64. The van der Waals surface area contributed by atoms with Crippen LogP contribution in [0.2, 0.25) is 0 Å². The fourth-order valence-electron chi connectivity index (χ4n) is 3.38. The van der Waals surface area contributed by atoms with E-state index < -0.39 is 0 Å². The number of nitrogens with zero attached hydrogens (tertiary/aromatic N) is 3. The molecule has 0 aliphatic carbocycles. The number of H-pyrrole nitrogens is 1. The maximum atomic E-state index is 5.49. The van der Waals surface area contributed by atoms with E-state index in [1.807, 2.05) is 18.3 Å². The number of rotatable bonds is 4. The van der Waals surface area contributed by atoms with Crippen molar-refractivity contribution in [2.45, 2.75) is 6.54 Å². The molecular weight excluding hydrogens is 300 g/mol. The fraction of sp³-hybridized carbons (Fsp3) is 0.316.